The zero-order chi connectivity index (χ0) is 15.2. The van der Waals surface area contributed by atoms with Crippen LogP contribution in [-0.2, 0) is 16.1 Å². The molecule has 0 saturated heterocycles. The number of anilines is 1. The maximum Gasteiger partial charge on any atom is 0.334 e. The molecule has 0 radical (unpaired) electrons. The number of carbonyl (C=O) groups excluding carboxylic acids is 1. The van der Waals surface area contributed by atoms with Crippen molar-refractivity contribution in [1.82, 2.24) is 9.55 Å². The second-order valence-corrected chi connectivity index (χ2v) is 5.53. The van der Waals surface area contributed by atoms with Crippen LogP contribution in [-0.4, -0.2) is 22.6 Å². The fraction of sp³-hybridized carbons (Fsp3) is 0.333. The molecule has 1 aromatic heterocycles. The lowest BCUT2D eigenvalue weighted by atomic mass is 10.2. The van der Waals surface area contributed by atoms with Gasteiger partial charge in [0.15, 0.2) is 6.04 Å². The molecule has 0 saturated carbocycles. The van der Waals surface area contributed by atoms with Crippen LogP contribution in [0.25, 0.3) is 0 Å². The number of aryl methyl sites for hydroxylation is 1. The first-order valence-electron chi connectivity index (χ1n) is 6.75. The highest BCUT2D eigenvalue weighted by Crippen LogP contribution is 2.22. The number of hydrogen-bond donors (Lipinski definition) is 1. The lowest BCUT2D eigenvalue weighted by Gasteiger charge is -2.19. The number of esters is 1. The van der Waals surface area contributed by atoms with E-state index in [1.807, 2.05) is 28.8 Å². The monoisotopic (exact) mass is 351 g/mol. The third-order valence-corrected chi connectivity index (χ3v) is 3.63. The van der Waals surface area contributed by atoms with Crippen molar-refractivity contribution < 1.29 is 9.53 Å². The van der Waals surface area contributed by atoms with E-state index in [0.717, 1.165) is 28.8 Å². The first kappa shape index (κ1) is 15.6. The van der Waals surface area contributed by atoms with E-state index in [0.29, 0.717) is 0 Å². The highest BCUT2D eigenvalue weighted by molar-refractivity contribution is 9.10. The number of nitrogens with zero attached hydrogens (tertiary/aromatic N) is 2. The molecule has 0 fully saturated rings. The van der Waals surface area contributed by atoms with Crippen LogP contribution in [0.1, 0.15) is 25.1 Å². The van der Waals surface area contributed by atoms with Crippen LogP contribution < -0.4 is 5.32 Å². The quantitative estimate of drug-likeness (QED) is 0.810. The van der Waals surface area contributed by atoms with Crippen LogP contribution in [0.3, 0.4) is 0 Å². The molecule has 2 rings (SSSR count). The van der Waals surface area contributed by atoms with Gasteiger partial charge < -0.3 is 14.6 Å². The summed E-state index contributed by atoms with van der Waals surface area (Å²) in [6, 6.07) is 7.06. The number of nitrogens with one attached hydrogen (secondary N) is 1. The Hall–Kier alpha value is -1.82. The SMILES string of the molecule is CCCn1cncc1C(Nc1ccc(Br)cc1)C(=O)OC. The number of benzene rings is 1. The summed E-state index contributed by atoms with van der Waals surface area (Å²) in [5.41, 5.74) is 1.64. The van der Waals surface area contributed by atoms with E-state index in [9.17, 15) is 4.79 Å². The zero-order valence-corrected chi connectivity index (χ0v) is 13.6. The Morgan fingerprint density at radius 1 is 1.43 bits per heavy atom. The number of imidazole rings is 1. The summed E-state index contributed by atoms with van der Waals surface area (Å²) in [5, 5.41) is 3.20. The van der Waals surface area contributed by atoms with Gasteiger partial charge in [0.2, 0.25) is 0 Å². The first-order valence-corrected chi connectivity index (χ1v) is 7.55. The van der Waals surface area contributed by atoms with Crippen molar-refractivity contribution in [3.63, 3.8) is 0 Å². The predicted molar refractivity (Wildman–Crippen MR) is 85.0 cm³/mol. The summed E-state index contributed by atoms with van der Waals surface area (Å²) < 4.78 is 7.86. The van der Waals surface area contributed by atoms with Crippen molar-refractivity contribution >= 4 is 27.6 Å². The van der Waals surface area contributed by atoms with Crippen molar-refractivity contribution in [2.45, 2.75) is 25.9 Å². The smallest absolute Gasteiger partial charge is 0.334 e. The van der Waals surface area contributed by atoms with E-state index in [1.54, 1.807) is 12.5 Å². The minimum absolute atomic E-state index is 0.337. The summed E-state index contributed by atoms with van der Waals surface area (Å²) in [5.74, 6) is -0.337. The van der Waals surface area contributed by atoms with Crippen LogP contribution in [0.5, 0.6) is 0 Å². The van der Waals surface area contributed by atoms with E-state index < -0.39 is 6.04 Å². The molecule has 5 nitrogen and oxygen atoms in total. The number of ether oxygens (including phenoxy) is 1. The van der Waals surface area contributed by atoms with Gasteiger partial charge in [0, 0.05) is 16.7 Å². The summed E-state index contributed by atoms with van der Waals surface area (Å²) in [6.45, 7) is 2.89. The van der Waals surface area contributed by atoms with Gasteiger partial charge in [-0.15, -0.1) is 0 Å². The number of hydrogen-bond acceptors (Lipinski definition) is 4. The van der Waals surface area contributed by atoms with Gasteiger partial charge in [0.25, 0.3) is 0 Å². The van der Waals surface area contributed by atoms with E-state index in [-0.39, 0.29) is 5.97 Å². The Morgan fingerprint density at radius 2 is 2.14 bits per heavy atom. The van der Waals surface area contributed by atoms with Crippen LogP contribution in [0.2, 0.25) is 0 Å². The maximum absolute atomic E-state index is 12.1. The summed E-state index contributed by atoms with van der Waals surface area (Å²) in [6.07, 6.45) is 4.40. The number of aromatic nitrogens is 2. The van der Waals surface area contributed by atoms with Gasteiger partial charge >= 0.3 is 5.97 Å². The van der Waals surface area contributed by atoms with Gasteiger partial charge in [-0.05, 0) is 30.7 Å². The zero-order valence-electron chi connectivity index (χ0n) is 12.0. The summed E-state index contributed by atoms with van der Waals surface area (Å²) in [7, 11) is 1.39. The van der Waals surface area contributed by atoms with Gasteiger partial charge in [0.05, 0.1) is 25.3 Å². The molecule has 0 aliphatic rings. The Kier molecular flexibility index (Phi) is 5.38. The molecule has 2 aromatic rings. The van der Waals surface area contributed by atoms with Crippen LogP contribution in [0, 0.1) is 0 Å². The Morgan fingerprint density at radius 3 is 2.76 bits per heavy atom. The van der Waals surface area contributed by atoms with Crippen molar-refractivity contribution in [3.8, 4) is 0 Å². The lowest BCUT2D eigenvalue weighted by molar-refractivity contribution is -0.141. The molecule has 6 heteroatoms. The minimum Gasteiger partial charge on any atom is -0.467 e. The number of halogens is 1. The van der Waals surface area contributed by atoms with E-state index in [4.69, 9.17) is 4.74 Å². The second kappa shape index (κ2) is 7.26. The highest BCUT2D eigenvalue weighted by Gasteiger charge is 2.24. The Balaban J connectivity index is 2.28. The number of carbonyl (C=O) groups is 1. The predicted octanol–water partition coefficient (Wildman–Crippen LogP) is 3.38. The highest BCUT2D eigenvalue weighted by atomic mass is 79.9. The molecule has 1 unspecified atom stereocenters. The average Bonchev–Trinajstić information content (AvgIpc) is 2.94. The number of rotatable bonds is 6. The van der Waals surface area contributed by atoms with Crippen LogP contribution in [0.15, 0.2) is 41.3 Å². The van der Waals surface area contributed by atoms with E-state index in [1.165, 1.54) is 7.11 Å². The van der Waals surface area contributed by atoms with Gasteiger partial charge in [-0.2, -0.15) is 0 Å². The van der Waals surface area contributed by atoms with E-state index in [2.05, 4.69) is 33.2 Å². The molecule has 0 aliphatic heterocycles. The largest absolute Gasteiger partial charge is 0.467 e. The molecule has 0 spiro atoms. The molecule has 1 heterocycles. The standard InChI is InChI=1S/C15H18BrN3O2/c1-3-8-19-10-17-9-13(19)14(15(20)21-2)18-12-6-4-11(16)5-7-12/h4-7,9-10,14,18H,3,8H2,1-2H3. The van der Waals surface area contributed by atoms with Crippen molar-refractivity contribution in [2.24, 2.45) is 0 Å². The average molecular weight is 352 g/mol. The second-order valence-electron chi connectivity index (χ2n) is 4.62. The fourth-order valence-corrected chi connectivity index (χ4v) is 2.35. The molecule has 0 amide bonds. The molecule has 1 aromatic carbocycles. The Bertz CT molecular complexity index is 595. The van der Waals surface area contributed by atoms with Gasteiger partial charge in [-0.3, -0.25) is 0 Å². The third-order valence-electron chi connectivity index (χ3n) is 3.10. The van der Waals surface area contributed by atoms with Crippen molar-refractivity contribution in [2.75, 3.05) is 12.4 Å². The molecule has 1 N–H and O–H groups in total. The van der Waals surface area contributed by atoms with Gasteiger partial charge in [-0.25, -0.2) is 9.78 Å². The topological polar surface area (TPSA) is 56.2 Å². The molecule has 0 bridgehead atoms. The molecular formula is C15H18BrN3O2. The van der Waals surface area contributed by atoms with Gasteiger partial charge in [0.1, 0.15) is 0 Å². The van der Waals surface area contributed by atoms with Crippen LogP contribution >= 0.6 is 15.9 Å². The Labute approximate surface area is 132 Å². The van der Waals surface area contributed by atoms with E-state index >= 15 is 0 Å². The minimum atomic E-state index is -0.578. The lowest BCUT2D eigenvalue weighted by Crippen LogP contribution is -2.25. The van der Waals surface area contributed by atoms with Crippen molar-refractivity contribution in [1.29, 1.82) is 0 Å². The number of methoxy groups -OCH3 is 1. The van der Waals surface area contributed by atoms with Crippen LogP contribution in [0.4, 0.5) is 5.69 Å². The molecular weight excluding hydrogens is 334 g/mol. The molecule has 1 atom stereocenters. The molecule has 0 aliphatic carbocycles. The molecule has 112 valence electrons. The third kappa shape index (κ3) is 3.85. The van der Waals surface area contributed by atoms with Crippen molar-refractivity contribution in [3.05, 3.63) is 47.0 Å². The summed E-state index contributed by atoms with van der Waals surface area (Å²) >= 11 is 3.39. The first-order chi connectivity index (χ1) is 10.2. The summed E-state index contributed by atoms with van der Waals surface area (Å²) in [4.78, 5) is 16.2. The van der Waals surface area contributed by atoms with Gasteiger partial charge in [-0.1, -0.05) is 22.9 Å². The maximum atomic E-state index is 12.1. The fourth-order valence-electron chi connectivity index (χ4n) is 2.08. The molecule has 21 heavy (non-hydrogen) atoms. The normalized spacial score (nSPS) is 12.0.